The number of nitrogens with two attached hydrogens (primary N) is 2. The minimum absolute atomic E-state index is 0.200. The van der Waals surface area contributed by atoms with Crippen molar-refractivity contribution in [2.24, 2.45) is 11.6 Å². The van der Waals surface area contributed by atoms with Gasteiger partial charge in [0.2, 0.25) is 5.88 Å². The van der Waals surface area contributed by atoms with Gasteiger partial charge in [0.05, 0.1) is 0 Å². The molecular weight excluding hydrogens is 198 g/mol. The number of benzene rings is 1. The summed E-state index contributed by atoms with van der Waals surface area (Å²) in [5, 5.41) is 8.60. The van der Waals surface area contributed by atoms with Crippen molar-refractivity contribution in [1.82, 2.24) is 5.43 Å². The molecule has 0 aromatic heterocycles. The summed E-state index contributed by atoms with van der Waals surface area (Å²) in [6, 6.07) is 8.56. The van der Waals surface area contributed by atoms with Crippen molar-refractivity contribution >= 4 is 5.97 Å². The molecule has 0 bridgehead atoms. The van der Waals surface area contributed by atoms with Gasteiger partial charge in [-0.05, 0) is 12.1 Å². The molecule has 6 heteroatoms. The van der Waals surface area contributed by atoms with Gasteiger partial charge in [0.15, 0.2) is 5.70 Å². The molecule has 6 nitrogen and oxygen atoms in total. The number of para-hydroxylation sites is 1. The number of hydrogen-bond donors (Lipinski definition) is 4. The fourth-order valence-corrected chi connectivity index (χ4v) is 0.866. The third kappa shape index (κ3) is 2.89. The first kappa shape index (κ1) is 10.9. The highest BCUT2D eigenvalue weighted by Crippen LogP contribution is 2.11. The first-order chi connectivity index (χ1) is 7.15. The molecule has 0 aliphatic carbocycles. The van der Waals surface area contributed by atoms with Gasteiger partial charge in [-0.3, -0.25) is 5.43 Å². The van der Waals surface area contributed by atoms with Gasteiger partial charge >= 0.3 is 5.97 Å². The number of rotatable bonds is 4. The van der Waals surface area contributed by atoms with Crippen molar-refractivity contribution in [2.75, 3.05) is 0 Å². The smallest absolute Gasteiger partial charge is 0.357 e. The molecule has 0 amide bonds. The molecule has 1 aromatic carbocycles. The molecule has 0 spiro atoms. The van der Waals surface area contributed by atoms with Crippen molar-refractivity contribution in [3.63, 3.8) is 0 Å². The van der Waals surface area contributed by atoms with Crippen LogP contribution < -0.4 is 21.7 Å². The van der Waals surface area contributed by atoms with E-state index in [4.69, 9.17) is 21.4 Å². The van der Waals surface area contributed by atoms with Crippen LogP contribution in [0.25, 0.3) is 0 Å². The predicted octanol–water partition coefficient (Wildman–Crippen LogP) is -0.259. The second-order valence-corrected chi connectivity index (χ2v) is 2.61. The van der Waals surface area contributed by atoms with Gasteiger partial charge in [0.25, 0.3) is 0 Å². The zero-order valence-corrected chi connectivity index (χ0v) is 7.81. The number of nitrogens with one attached hydrogen (secondary N) is 1. The fraction of sp³-hybridized carbons (Fsp3) is 0. The second-order valence-electron chi connectivity index (χ2n) is 2.61. The lowest BCUT2D eigenvalue weighted by atomic mass is 10.3. The summed E-state index contributed by atoms with van der Waals surface area (Å²) < 4.78 is 5.12. The van der Waals surface area contributed by atoms with Crippen LogP contribution in [0.1, 0.15) is 0 Å². The van der Waals surface area contributed by atoms with E-state index in [1.807, 2.05) is 0 Å². The lowest BCUT2D eigenvalue weighted by Gasteiger charge is -2.09. The van der Waals surface area contributed by atoms with Gasteiger partial charge in [-0.25, -0.2) is 10.6 Å². The highest BCUT2D eigenvalue weighted by molar-refractivity contribution is 5.85. The number of hydrogen-bond acceptors (Lipinski definition) is 5. The summed E-state index contributed by atoms with van der Waals surface area (Å²) in [6.45, 7) is 0. The first-order valence-electron chi connectivity index (χ1n) is 4.07. The Morgan fingerprint density at radius 2 is 1.93 bits per heavy atom. The zero-order valence-electron chi connectivity index (χ0n) is 7.81. The average molecular weight is 209 g/mol. The van der Waals surface area contributed by atoms with E-state index in [0.717, 1.165) is 0 Å². The minimum Gasteiger partial charge on any atom is -0.476 e. The van der Waals surface area contributed by atoms with Crippen LogP contribution in [-0.2, 0) is 4.79 Å². The number of carboxylic acids is 1. The lowest BCUT2D eigenvalue weighted by Crippen LogP contribution is -2.31. The molecule has 0 unspecified atom stereocenters. The van der Waals surface area contributed by atoms with Crippen LogP contribution in [0, 0.1) is 0 Å². The van der Waals surface area contributed by atoms with Crippen LogP contribution in [0.2, 0.25) is 0 Å². The Balaban J connectivity index is 2.88. The van der Waals surface area contributed by atoms with Gasteiger partial charge in [0.1, 0.15) is 5.75 Å². The highest BCUT2D eigenvalue weighted by Gasteiger charge is 2.11. The van der Waals surface area contributed by atoms with Crippen molar-refractivity contribution in [3.8, 4) is 5.75 Å². The van der Waals surface area contributed by atoms with E-state index in [1.165, 1.54) is 0 Å². The van der Waals surface area contributed by atoms with Gasteiger partial charge in [-0.1, -0.05) is 18.2 Å². The molecule has 0 heterocycles. The molecular formula is C9H11N3O3. The zero-order chi connectivity index (χ0) is 11.3. The van der Waals surface area contributed by atoms with Crippen LogP contribution in [0.5, 0.6) is 5.75 Å². The number of hydrazine groups is 1. The van der Waals surface area contributed by atoms with Crippen molar-refractivity contribution < 1.29 is 14.6 Å². The van der Waals surface area contributed by atoms with Crippen LogP contribution in [0.4, 0.5) is 0 Å². The van der Waals surface area contributed by atoms with Crippen molar-refractivity contribution in [3.05, 3.63) is 41.9 Å². The summed E-state index contributed by atoms with van der Waals surface area (Å²) >= 11 is 0. The standard InChI is InChI=1S/C9H11N3O3/c10-7(9(13)14)8(12-11)15-6-4-2-1-3-5-6/h1-5,12H,10-11H2,(H,13,14)/b8-7+. The van der Waals surface area contributed by atoms with Gasteiger partial charge in [-0.2, -0.15) is 0 Å². The maximum absolute atomic E-state index is 10.5. The molecule has 0 fully saturated rings. The maximum atomic E-state index is 10.5. The monoisotopic (exact) mass is 209 g/mol. The SMILES string of the molecule is NN/C(Oc1ccccc1)=C(\N)C(=O)O. The molecule has 0 radical (unpaired) electrons. The normalized spacial score (nSPS) is 11.5. The molecule has 1 rings (SSSR count). The Labute approximate surface area is 86.1 Å². The Morgan fingerprint density at radius 3 is 2.40 bits per heavy atom. The summed E-state index contributed by atoms with van der Waals surface area (Å²) in [6.07, 6.45) is 0. The molecule has 6 N–H and O–H groups in total. The van der Waals surface area contributed by atoms with Gasteiger partial charge in [0, 0.05) is 0 Å². The van der Waals surface area contributed by atoms with Gasteiger partial charge in [-0.15, -0.1) is 0 Å². The van der Waals surface area contributed by atoms with Crippen LogP contribution >= 0.6 is 0 Å². The summed E-state index contributed by atoms with van der Waals surface area (Å²) in [7, 11) is 0. The maximum Gasteiger partial charge on any atom is 0.357 e. The van der Waals surface area contributed by atoms with Crippen LogP contribution in [-0.4, -0.2) is 11.1 Å². The third-order valence-corrected chi connectivity index (χ3v) is 1.57. The number of ether oxygens (including phenoxy) is 1. The van der Waals surface area contributed by atoms with E-state index < -0.39 is 11.7 Å². The fourth-order valence-electron chi connectivity index (χ4n) is 0.866. The number of aliphatic carboxylic acids is 1. The van der Waals surface area contributed by atoms with Crippen LogP contribution in [0.15, 0.2) is 41.9 Å². The predicted molar refractivity (Wildman–Crippen MR) is 53.2 cm³/mol. The molecule has 0 atom stereocenters. The van der Waals surface area contributed by atoms with Gasteiger partial charge < -0.3 is 15.6 Å². The number of carbonyl (C=O) groups is 1. The molecule has 0 saturated carbocycles. The topological polar surface area (TPSA) is 111 Å². The van der Waals surface area contributed by atoms with E-state index in [2.05, 4.69) is 5.43 Å². The first-order valence-corrected chi connectivity index (χ1v) is 4.07. The average Bonchev–Trinajstić information content (AvgIpc) is 2.26. The van der Waals surface area contributed by atoms with E-state index in [0.29, 0.717) is 5.75 Å². The molecule has 0 saturated heterocycles. The van der Waals surface area contributed by atoms with E-state index in [1.54, 1.807) is 30.3 Å². The van der Waals surface area contributed by atoms with E-state index in [9.17, 15) is 4.79 Å². The Bertz CT molecular complexity index is 375. The summed E-state index contributed by atoms with van der Waals surface area (Å²) in [5.74, 6) is 4.02. The van der Waals surface area contributed by atoms with Crippen molar-refractivity contribution in [1.29, 1.82) is 0 Å². The minimum atomic E-state index is -1.31. The molecule has 0 aliphatic rings. The van der Waals surface area contributed by atoms with E-state index >= 15 is 0 Å². The Hall–Kier alpha value is -2.21. The Morgan fingerprint density at radius 1 is 1.33 bits per heavy atom. The second kappa shape index (κ2) is 4.87. The third-order valence-electron chi connectivity index (χ3n) is 1.57. The highest BCUT2D eigenvalue weighted by atomic mass is 16.5. The summed E-state index contributed by atoms with van der Waals surface area (Å²) in [4.78, 5) is 10.5. The lowest BCUT2D eigenvalue weighted by molar-refractivity contribution is -0.132. The summed E-state index contributed by atoms with van der Waals surface area (Å²) in [5.41, 5.74) is 6.83. The van der Waals surface area contributed by atoms with Crippen LogP contribution in [0.3, 0.4) is 0 Å². The molecule has 1 aromatic rings. The quantitative estimate of drug-likeness (QED) is 0.235. The molecule has 15 heavy (non-hydrogen) atoms. The molecule has 0 aliphatic heterocycles. The number of carboxylic acid groups (broad SMARTS) is 1. The molecule has 80 valence electrons. The largest absolute Gasteiger partial charge is 0.476 e. The Kier molecular flexibility index (Phi) is 3.53. The van der Waals surface area contributed by atoms with E-state index in [-0.39, 0.29) is 5.88 Å². The van der Waals surface area contributed by atoms with Crippen molar-refractivity contribution in [2.45, 2.75) is 0 Å².